The number of benzene rings is 1. The molecule has 0 fully saturated rings. The number of methoxy groups -OCH3 is 1. The third-order valence-corrected chi connectivity index (χ3v) is 3.47. The zero-order valence-electron chi connectivity index (χ0n) is 11.7. The van der Waals surface area contributed by atoms with Gasteiger partial charge in [-0.15, -0.1) is 0 Å². The Bertz CT molecular complexity index is 657. The Morgan fingerprint density at radius 1 is 1.33 bits per heavy atom. The third-order valence-electron chi connectivity index (χ3n) is 3.47. The van der Waals surface area contributed by atoms with E-state index in [9.17, 15) is 4.79 Å². The predicted molar refractivity (Wildman–Crippen MR) is 78.5 cm³/mol. The van der Waals surface area contributed by atoms with Crippen molar-refractivity contribution >= 4 is 11.6 Å². The molecule has 21 heavy (non-hydrogen) atoms. The van der Waals surface area contributed by atoms with E-state index in [-0.39, 0.29) is 11.8 Å². The summed E-state index contributed by atoms with van der Waals surface area (Å²) >= 11 is 0. The maximum absolute atomic E-state index is 12.4. The zero-order valence-corrected chi connectivity index (χ0v) is 11.7. The Labute approximate surface area is 122 Å². The molecular weight excluding hydrogens is 268 g/mol. The van der Waals surface area contributed by atoms with Crippen LogP contribution in [0.1, 0.15) is 5.56 Å². The van der Waals surface area contributed by atoms with Crippen molar-refractivity contribution in [1.82, 2.24) is 4.98 Å². The van der Waals surface area contributed by atoms with E-state index in [0.29, 0.717) is 24.6 Å². The summed E-state index contributed by atoms with van der Waals surface area (Å²) in [6, 6.07) is 11.3. The Balaban J connectivity index is 1.72. The molecule has 1 aliphatic rings. The monoisotopic (exact) mass is 284 g/mol. The van der Waals surface area contributed by atoms with Crippen molar-refractivity contribution < 1.29 is 14.3 Å². The fourth-order valence-electron chi connectivity index (χ4n) is 2.38. The van der Waals surface area contributed by atoms with Crippen molar-refractivity contribution in [3.63, 3.8) is 0 Å². The molecule has 2 heterocycles. The van der Waals surface area contributed by atoms with Gasteiger partial charge in [0.15, 0.2) is 0 Å². The Morgan fingerprint density at radius 3 is 3.05 bits per heavy atom. The van der Waals surface area contributed by atoms with E-state index in [4.69, 9.17) is 9.47 Å². The molecule has 5 heteroatoms. The first-order chi connectivity index (χ1) is 10.3. The molecule has 0 bridgehead atoms. The number of hydrogen-bond donors (Lipinski definition) is 1. The summed E-state index contributed by atoms with van der Waals surface area (Å²) in [4.78, 5) is 16.4. The second-order valence-corrected chi connectivity index (χ2v) is 4.87. The van der Waals surface area contributed by atoms with Crippen LogP contribution in [-0.4, -0.2) is 24.6 Å². The Hall–Kier alpha value is -2.56. The van der Waals surface area contributed by atoms with Gasteiger partial charge in [-0.25, -0.2) is 4.98 Å². The molecular formula is C16H16N2O3. The highest BCUT2D eigenvalue weighted by Gasteiger charge is 2.26. The molecule has 1 amide bonds. The predicted octanol–water partition coefficient (Wildman–Crippen LogP) is 2.28. The van der Waals surface area contributed by atoms with Crippen LogP contribution in [0.4, 0.5) is 5.69 Å². The second kappa shape index (κ2) is 5.83. The normalized spacial score (nSPS) is 16.5. The van der Waals surface area contributed by atoms with E-state index < -0.39 is 0 Å². The topological polar surface area (TPSA) is 60.5 Å². The molecule has 1 atom stereocenters. The van der Waals surface area contributed by atoms with Crippen LogP contribution in [0.3, 0.4) is 0 Å². The molecule has 0 saturated heterocycles. The highest BCUT2D eigenvalue weighted by atomic mass is 16.5. The van der Waals surface area contributed by atoms with E-state index in [1.165, 1.54) is 7.11 Å². The summed E-state index contributed by atoms with van der Waals surface area (Å²) in [5.74, 6) is 0.962. The first kappa shape index (κ1) is 13.4. The summed E-state index contributed by atoms with van der Waals surface area (Å²) in [7, 11) is 1.53. The number of carbonyl (C=O) groups is 1. The first-order valence-electron chi connectivity index (χ1n) is 6.78. The lowest BCUT2D eigenvalue weighted by Crippen LogP contribution is -2.32. The lowest BCUT2D eigenvalue weighted by molar-refractivity contribution is -0.121. The van der Waals surface area contributed by atoms with Crippen molar-refractivity contribution in [2.75, 3.05) is 19.0 Å². The van der Waals surface area contributed by atoms with Gasteiger partial charge in [0.2, 0.25) is 11.8 Å². The van der Waals surface area contributed by atoms with Gasteiger partial charge in [-0.05, 0) is 30.2 Å². The molecule has 1 aromatic heterocycles. The van der Waals surface area contributed by atoms with E-state index in [1.54, 1.807) is 18.3 Å². The van der Waals surface area contributed by atoms with E-state index in [2.05, 4.69) is 10.3 Å². The highest BCUT2D eigenvalue weighted by Crippen LogP contribution is 2.28. The first-order valence-corrected chi connectivity index (χ1v) is 6.78. The Kier molecular flexibility index (Phi) is 3.73. The minimum Gasteiger partial charge on any atom is -0.492 e. The van der Waals surface area contributed by atoms with Gasteiger partial charge in [0.05, 0.1) is 13.0 Å². The van der Waals surface area contributed by atoms with E-state index in [0.717, 1.165) is 11.3 Å². The number of nitrogens with zero attached hydrogens (tertiary/aromatic N) is 1. The number of hydrogen-bond acceptors (Lipinski definition) is 4. The van der Waals surface area contributed by atoms with Crippen LogP contribution in [0.2, 0.25) is 0 Å². The van der Waals surface area contributed by atoms with Gasteiger partial charge in [0.25, 0.3) is 0 Å². The molecule has 1 N–H and O–H groups in total. The number of ether oxygens (including phenoxy) is 2. The lowest BCUT2D eigenvalue weighted by Gasteiger charge is -2.24. The number of rotatable bonds is 3. The summed E-state index contributed by atoms with van der Waals surface area (Å²) in [6.07, 6.45) is 2.29. The van der Waals surface area contributed by atoms with Crippen LogP contribution in [0, 0.1) is 5.92 Å². The van der Waals surface area contributed by atoms with Crippen molar-refractivity contribution in [3.05, 3.63) is 48.2 Å². The highest BCUT2D eigenvalue weighted by molar-refractivity contribution is 5.94. The van der Waals surface area contributed by atoms with Crippen LogP contribution < -0.4 is 14.8 Å². The van der Waals surface area contributed by atoms with Crippen molar-refractivity contribution in [3.8, 4) is 11.6 Å². The van der Waals surface area contributed by atoms with Gasteiger partial charge in [0, 0.05) is 6.20 Å². The molecule has 108 valence electrons. The van der Waals surface area contributed by atoms with Gasteiger partial charge < -0.3 is 14.8 Å². The molecule has 1 aromatic carbocycles. The maximum Gasteiger partial charge on any atom is 0.237 e. The van der Waals surface area contributed by atoms with Gasteiger partial charge in [-0.3, -0.25) is 4.79 Å². The number of anilines is 1. The Morgan fingerprint density at radius 2 is 2.19 bits per heavy atom. The number of nitrogens with one attached hydrogen (secondary N) is 1. The molecule has 3 rings (SSSR count). The molecule has 5 nitrogen and oxygen atoms in total. The largest absolute Gasteiger partial charge is 0.492 e. The molecule has 0 aliphatic carbocycles. The molecule has 2 aromatic rings. The van der Waals surface area contributed by atoms with Gasteiger partial charge in [-0.1, -0.05) is 18.2 Å². The average molecular weight is 284 g/mol. The number of carbonyl (C=O) groups excluding carboxylic acids is 1. The minimum absolute atomic E-state index is 0.0872. The number of aromatic nitrogens is 1. The van der Waals surface area contributed by atoms with Crippen molar-refractivity contribution in [2.24, 2.45) is 5.92 Å². The molecule has 1 unspecified atom stereocenters. The third kappa shape index (κ3) is 2.81. The van der Waals surface area contributed by atoms with Crippen LogP contribution in [-0.2, 0) is 11.2 Å². The summed E-state index contributed by atoms with van der Waals surface area (Å²) < 4.78 is 10.8. The number of pyridine rings is 1. The maximum atomic E-state index is 12.4. The van der Waals surface area contributed by atoms with Gasteiger partial charge >= 0.3 is 0 Å². The molecule has 0 spiro atoms. The van der Waals surface area contributed by atoms with Crippen LogP contribution in [0.5, 0.6) is 11.6 Å². The van der Waals surface area contributed by atoms with Crippen LogP contribution in [0.15, 0.2) is 42.6 Å². The van der Waals surface area contributed by atoms with Gasteiger partial charge in [-0.2, -0.15) is 0 Å². The number of para-hydroxylation sites is 1. The summed E-state index contributed by atoms with van der Waals surface area (Å²) in [5.41, 5.74) is 1.63. The van der Waals surface area contributed by atoms with Crippen molar-refractivity contribution in [2.45, 2.75) is 6.42 Å². The van der Waals surface area contributed by atoms with Crippen LogP contribution >= 0.6 is 0 Å². The number of amides is 1. The van der Waals surface area contributed by atoms with Gasteiger partial charge in [0.1, 0.15) is 18.0 Å². The zero-order chi connectivity index (χ0) is 14.7. The second-order valence-electron chi connectivity index (χ2n) is 4.87. The SMILES string of the molecule is COc1ncccc1NC(=O)C1COc2ccccc2C1. The molecule has 0 radical (unpaired) electrons. The smallest absolute Gasteiger partial charge is 0.237 e. The molecule has 1 aliphatic heterocycles. The van der Waals surface area contributed by atoms with Crippen molar-refractivity contribution in [1.29, 1.82) is 0 Å². The lowest BCUT2D eigenvalue weighted by atomic mass is 9.96. The van der Waals surface area contributed by atoms with E-state index in [1.807, 2.05) is 24.3 Å². The average Bonchev–Trinajstić information content (AvgIpc) is 2.55. The van der Waals surface area contributed by atoms with Crippen LogP contribution in [0.25, 0.3) is 0 Å². The standard InChI is InChI=1S/C16H16N2O3/c1-20-16-13(6-4-8-17-16)18-15(19)12-9-11-5-2-3-7-14(11)21-10-12/h2-8,12H,9-10H2,1H3,(H,18,19). The minimum atomic E-state index is -0.218. The fraction of sp³-hybridized carbons (Fsp3) is 0.250. The summed E-state index contributed by atoms with van der Waals surface area (Å²) in [6.45, 7) is 0.380. The fourth-order valence-corrected chi connectivity index (χ4v) is 2.38. The quantitative estimate of drug-likeness (QED) is 0.939. The molecule has 0 saturated carbocycles. The number of fused-ring (bicyclic) bond motifs is 1. The van der Waals surface area contributed by atoms with E-state index >= 15 is 0 Å². The summed E-state index contributed by atoms with van der Waals surface area (Å²) in [5, 5.41) is 2.86.